The smallest absolute Gasteiger partial charge is 0.160 e. The third-order valence-corrected chi connectivity index (χ3v) is 3.93. The predicted molar refractivity (Wildman–Crippen MR) is 81.3 cm³/mol. The van der Waals surface area contributed by atoms with E-state index >= 15 is 0 Å². The molecule has 1 atom stereocenters. The van der Waals surface area contributed by atoms with Crippen LogP contribution in [0.2, 0.25) is 0 Å². The standard InChI is InChI=1S/C16H26N2O2/c1-3-9-18(14-5-4-8-17-11-14)12-13-6-7-16(20-2)15(19)10-13/h6-7,10,14,17,19H,3-5,8-9,11-12H2,1-2H3. The maximum Gasteiger partial charge on any atom is 0.160 e. The molecule has 1 unspecified atom stereocenters. The molecular formula is C16H26N2O2. The Morgan fingerprint density at radius 2 is 2.30 bits per heavy atom. The second-order valence-electron chi connectivity index (χ2n) is 5.48. The number of ether oxygens (including phenoxy) is 1. The second kappa shape index (κ2) is 7.50. The van der Waals surface area contributed by atoms with Gasteiger partial charge in [-0.3, -0.25) is 4.90 Å². The van der Waals surface area contributed by atoms with Gasteiger partial charge >= 0.3 is 0 Å². The summed E-state index contributed by atoms with van der Waals surface area (Å²) in [6.45, 7) is 6.41. The van der Waals surface area contributed by atoms with Gasteiger partial charge in [-0.15, -0.1) is 0 Å². The summed E-state index contributed by atoms with van der Waals surface area (Å²) >= 11 is 0. The largest absolute Gasteiger partial charge is 0.504 e. The molecule has 1 aromatic rings. The van der Waals surface area contributed by atoms with E-state index in [1.54, 1.807) is 7.11 Å². The van der Waals surface area contributed by atoms with Crippen molar-refractivity contribution in [2.45, 2.75) is 38.8 Å². The van der Waals surface area contributed by atoms with Crippen LogP contribution in [0.4, 0.5) is 0 Å². The first-order valence-corrected chi connectivity index (χ1v) is 7.55. The highest BCUT2D eigenvalue weighted by molar-refractivity contribution is 5.41. The van der Waals surface area contributed by atoms with Crippen molar-refractivity contribution in [2.24, 2.45) is 0 Å². The van der Waals surface area contributed by atoms with Crippen LogP contribution < -0.4 is 10.1 Å². The van der Waals surface area contributed by atoms with Crippen molar-refractivity contribution in [2.75, 3.05) is 26.7 Å². The van der Waals surface area contributed by atoms with Crippen LogP contribution in [0.3, 0.4) is 0 Å². The number of phenols is 1. The first kappa shape index (κ1) is 15.1. The molecule has 1 aromatic carbocycles. The molecular weight excluding hydrogens is 252 g/mol. The van der Waals surface area contributed by atoms with Gasteiger partial charge < -0.3 is 15.2 Å². The number of methoxy groups -OCH3 is 1. The van der Waals surface area contributed by atoms with Crippen molar-refractivity contribution in [3.8, 4) is 11.5 Å². The molecule has 0 radical (unpaired) electrons. The molecule has 112 valence electrons. The second-order valence-corrected chi connectivity index (χ2v) is 5.48. The zero-order valence-corrected chi connectivity index (χ0v) is 12.6. The van der Waals surface area contributed by atoms with E-state index in [-0.39, 0.29) is 5.75 Å². The number of aromatic hydroxyl groups is 1. The van der Waals surface area contributed by atoms with Gasteiger partial charge in [0.05, 0.1) is 7.11 Å². The van der Waals surface area contributed by atoms with E-state index in [4.69, 9.17) is 4.74 Å². The number of nitrogens with zero attached hydrogens (tertiary/aromatic N) is 1. The van der Waals surface area contributed by atoms with E-state index < -0.39 is 0 Å². The summed E-state index contributed by atoms with van der Waals surface area (Å²) in [6, 6.07) is 6.30. The van der Waals surface area contributed by atoms with Crippen molar-refractivity contribution in [3.63, 3.8) is 0 Å². The highest BCUT2D eigenvalue weighted by Crippen LogP contribution is 2.27. The van der Waals surface area contributed by atoms with Crippen LogP contribution in [-0.2, 0) is 6.54 Å². The Labute approximate surface area is 121 Å². The van der Waals surface area contributed by atoms with Crippen LogP contribution in [0.15, 0.2) is 18.2 Å². The van der Waals surface area contributed by atoms with Gasteiger partial charge in [0.25, 0.3) is 0 Å². The SMILES string of the molecule is CCCN(Cc1ccc(OC)c(O)c1)C1CCCNC1. The van der Waals surface area contributed by atoms with Gasteiger partial charge in [0, 0.05) is 19.1 Å². The Bertz CT molecular complexity index is 417. The highest BCUT2D eigenvalue weighted by atomic mass is 16.5. The molecule has 1 fully saturated rings. The van der Waals surface area contributed by atoms with E-state index in [9.17, 15) is 5.11 Å². The number of rotatable bonds is 6. The number of hydrogen-bond acceptors (Lipinski definition) is 4. The molecule has 4 heteroatoms. The Morgan fingerprint density at radius 1 is 1.45 bits per heavy atom. The Hall–Kier alpha value is -1.26. The van der Waals surface area contributed by atoms with Gasteiger partial charge in [0.15, 0.2) is 11.5 Å². The van der Waals surface area contributed by atoms with Crippen molar-refractivity contribution in [1.82, 2.24) is 10.2 Å². The molecule has 20 heavy (non-hydrogen) atoms. The minimum atomic E-state index is 0.225. The summed E-state index contributed by atoms with van der Waals surface area (Å²) in [7, 11) is 1.58. The van der Waals surface area contributed by atoms with Crippen molar-refractivity contribution in [1.29, 1.82) is 0 Å². The lowest BCUT2D eigenvalue weighted by atomic mass is 10.0. The van der Waals surface area contributed by atoms with Gasteiger partial charge in [0.1, 0.15) is 0 Å². The van der Waals surface area contributed by atoms with Gasteiger partial charge in [-0.2, -0.15) is 0 Å². The molecule has 1 saturated heterocycles. The highest BCUT2D eigenvalue weighted by Gasteiger charge is 2.20. The Morgan fingerprint density at radius 3 is 2.90 bits per heavy atom. The molecule has 0 aromatic heterocycles. The molecule has 0 bridgehead atoms. The molecule has 0 aliphatic carbocycles. The van der Waals surface area contributed by atoms with E-state index in [2.05, 4.69) is 17.1 Å². The first-order chi connectivity index (χ1) is 9.74. The topological polar surface area (TPSA) is 44.7 Å². The maximum absolute atomic E-state index is 9.89. The molecule has 1 aliphatic rings. The minimum Gasteiger partial charge on any atom is -0.504 e. The fourth-order valence-electron chi connectivity index (χ4n) is 2.89. The zero-order chi connectivity index (χ0) is 14.4. The van der Waals surface area contributed by atoms with E-state index in [1.165, 1.54) is 12.8 Å². The predicted octanol–water partition coefficient (Wildman–Crippen LogP) is 2.36. The average molecular weight is 278 g/mol. The third kappa shape index (κ3) is 3.87. The lowest BCUT2D eigenvalue weighted by Gasteiger charge is -2.34. The van der Waals surface area contributed by atoms with Crippen molar-refractivity contribution in [3.05, 3.63) is 23.8 Å². The molecule has 1 heterocycles. The Kier molecular flexibility index (Phi) is 5.68. The summed E-state index contributed by atoms with van der Waals surface area (Å²) in [5.74, 6) is 0.762. The monoisotopic (exact) mass is 278 g/mol. The van der Waals surface area contributed by atoms with Crippen molar-refractivity contribution < 1.29 is 9.84 Å². The van der Waals surface area contributed by atoms with E-state index in [0.717, 1.165) is 38.2 Å². The first-order valence-electron chi connectivity index (χ1n) is 7.55. The van der Waals surface area contributed by atoms with E-state index in [0.29, 0.717) is 11.8 Å². The summed E-state index contributed by atoms with van der Waals surface area (Å²) in [4.78, 5) is 2.52. The number of piperidine rings is 1. The Balaban J connectivity index is 2.04. The third-order valence-electron chi connectivity index (χ3n) is 3.93. The number of nitrogens with one attached hydrogen (secondary N) is 1. The van der Waals surface area contributed by atoms with Crippen LogP contribution >= 0.6 is 0 Å². The van der Waals surface area contributed by atoms with E-state index in [1.807, 2.05) is 18.2 Å². The zero-order valence-electron chi connectivity index (χ0n) is 12.6. The normalized spacial score (nSPS) is 19.2. The molecule has 2 rings (SSSR count). The van der Waals surface area contributed by atoms with Crippen LogP contribution in [0, 0.1) is 0 Å². The number of benzene rings is 1. The van der Waals surface area contributed by atoms with Crippen LogP contribution in [0.1, 0.15) is 31.7 Å². The fourth-order valence-corrected chi connectivity index (χ4v) is 2.89. The lowest BCUT2D eigenvalue weighted by Crippen LogP contribution is -2.45. The molecule has 0 spiro atoms. The molecule has 0 saturated carbocycles. The number of hydrogen-bond donors (Lipinski definition) is 2. The maximum atomic E-state index is 9.89. The van der Waals surface area contributed by atoms with Crippen LogP contribution in [-0.4, -0.2) is 42.8 Å². The molecule has 4 nitrogen and oxygen atoms in total. The number of phenolic OH excluding ortho intramolecular Hbond substituents is 1. The molecule has 1 aliphatic heterocycles. The summed E-state index contributed by atoms with van der Waals surface area (Å²) in [5.41, 5.74) is 1.14. The average Bonchev–Trinajstić information content (AvgIpc) is 2.48. The van der Waals surface area contributed by atoms with Gasteiger partial charge in [-0.1, -0.05) is 13.0 Å². The quantitative estimate of drug-likeness (QED) is 0.838. The summed E-state index contributed by atoms with van der Waals surface area (Å²) in [6.07, 6.45) is 3.66. The molecule has 2 N–H and O–H groups in total. The van der Waals surface area contributed by atoms with Crippen LogP contribution in [0.25, 0.3) is 0 Å². The minimum absolute atomic E-state index is 0.225. The van der Waals surface area contributed by atoms with Crippen LogP contribution in [0.5, 0.6) is 11.5 Å². The van der Waals surface area contributed by atoms with Gasteiger partial charge in [0.2, 0.25) is 0 Å². The van der Waals surface area contributed by atoms with Gasteiger partial charge in [-0.25, -0.2) is 0 Å². The van der Waals surface area contributed by atoms with Crippen molar-refractivity contribution >= 4 is 0 Å². The summed E-state index contributed by atoms with van der Waals surface area (Å²) < 4.78 is 5.10. The van der Waals surface area contributed by atoms with Gasteiger partial charge in [-0.05, 0) is 50.0 Å². The lowest BCUT2D eigenvalue weighted by molar-refractivity contribution is 0.158. The molecule has 0 amide bonds. The fraction of sp³-hybridized carbons (Fsp3) is 0.625. The summed E-state index contributed by atoms with van der Waals surface area (Å²) in [5, 5.41) is 13.4.